The van der Waals surface area contributed by atoms with Crippen molar-refractivity contribution in [1.82, 2.24) is 5.43 Å². The SMILES string of the molecule is CCOc1cc(/C=N/NC(=O)C(=O)Nc2cc(C(F)(F)F)ccc2Cl)ccc1OCc1cccc2ccccc12. The number of halogens is 4. The Balaban J connectivity index is 1.39. The lowest BCUT2D eigenvalue weighted by Gasteiger charge is -2.13. The Morgan fingerprint density at radius 3 is 2.48 bits per heavy atom. The number of hydrazone groups is 1. The van der Waals surface area contributed by atoms with Gasteiger partial charge in [0.2, 0.25) is 0 Å². The number of amides is 2. The van der Waals surface area contributed by atoms with Gasteiger partial charge in [0.25, 0.3) is 0 Å². The van der Waals surface area contributed by atoms with Gasteiger partial charge < -0.3 is 14.8 Å². The van der Waals surface area contributed by atoms with Crippen molar-refractivity contribution in [1.29, 1.82) is 0 Å². The summed E-state index contributed by atoms with van der Waals surface area (Å²) < 4.78 is 50.5. The van der Waals surface area contributed by atoms with Gasteiger partial charge in [0.05, 0.1) is 29.1 Å². The molecule has 11 heteroatoms. The molecule has 2 N–H and O–H groups in total. The van der Waals surface area contributed by atoms with Crippen LogP contribution in [0.1, 0.15) is 23.6 Å². The van der Waals surface area contributed by atoms with Gasteiger partial charge in [0.1, 0.15) is 6.61 Å². The highest BCUT2D eigenvalue weighted by Gasteiger charge is 2.31. The molecule has 0 atom stereocenters. The van der Waals surface area contributed by atoms with Gasteiger partial charge in [-0.05, 0) is 65.2 Å². The van der Waals surface area contributed by atoms with E-state index < -0.39 is 23.6 Å². The maximum atomic E-state index is 12.9. The molecule has 206 valence electrons. The van der Waals surface area contributed by atoms with Gasteiger partial charge >= 0.3 is 18.0 Å². The zero-order chi connectivity index (χ0) is 28.7. The maximum Gasteiger partial charge on any atom is 0.416 e. The number of anilines is 1. The number of alkyl halides is 3. The summed E-state index contributed by atoms with van der Waals surface area (Å²) in [5.41, 5.74) is 2.18. The van der Waals surface area contributed by atoms with Crippen molar-refractivity contribution in [3.05, 3.63) is 101 Å². The number of nitrogens with one attached hydrogen (secondary N) is 2. The summed E-state index contributed by atoms with van der Waals surface area (Å²) in [7, 11) is 0. The van der Waals surface area contributed by atoms with Crippen LogP contribution in [0.4, 0.5) is 18.9 Å². The first-order valence-corrected chi connectivity index (χ1v) is 12.4. The minimum absolute atomic E-state index is 0.163. The van der Waals surface area contributed by atoms with E-state index in [9.17, 15) is 22.8 Å². The van der Waals surface area contributed by atoms with Gasteiger partial charge in [-0.15, -0.1) is 0 Å². The van der Waals surface area contributed by atoms with Crippen LogP contribution in [0.5, 0.6) is 11.5 Å². The van der Waals surface area contributed by atoms with Crippen molar-refractivity contribution >= 4 is 46.1 Å². The number of carbonyl (C=O) groups excluding carboxylic acids is 2. The Kier molecular flexibility index (Phi) is 8.90. The van der Waals surface area contributed by atoms with Crippen LogP contribution in [0.2, 0.25) is 5.02 Å². The molecule has 0 bridgehead atoms. The number of nitrogens with zero attached hydrogens (tertiary/aromatic N) is 1. The number of benzene rings is 4. The maximum absolute atomic E-state index is 12.9. The molecule has 0 radical (unpaired) electrons. The Morgan fingerprint density at radius 1 is 0.925 bits per heavy atom. The molecule has 40 heavy (non-hydrogen) atoms. The Morgan fingerprint density at radius 2 is 1.70 bits per heavy atom. The van der Waals surface area contributed by atoms with Crippen LogP contribution in [0.3, 0.4) is 0 Å². The number of ether oxygens (including phenoxy) is 2. The van der Waals surface area contributed by atoms with Crippen molar-refractivity contribution in [2.45, 2.75) is 19.7 Å². The third-order valence-electron chi connectivity index (χ3n) is 5.66. The Hall–Kier alpha value is -4.57. The molecule has 0 saturated heterocycles. The van der Waals surface area contributed by atoms with E-state index in [4.69, 9.17) is 21.1 Å². The highest BCUT2D eigenvalue weighted by atomic mass is 35.5. The Labute approximate surface area is 232 Å². The minimum atomic E-state index is -4.65. The number of carbonyl (C=O) groups is 2. The largest absolute Gasteiger partial charge is 0.490 e. The normalized spacial score (nSPS) is 11.4. The summed E-state index contributed by atoms with van der Waals surface area (Å²) in [6.07, 6.45) is -3.37. The average Bonchev–Trinajstić information content (AvgIpc) is 2.93. The number of fused-ring (bicyclic) bond motifs is 1. The monoisotopic (exact) mass is 569 g/mol. The van der Waals surface area contributed by atoms with Crippen LogP contribution in [0.25, 0.3) is 10.8 Å². The molecule has 0 fully saturated rings. The van der Waals surface area contributed by atoms with Crippen LogP contribution in [0.15, 0.2) is 84.0 Å². The van der Waals surface area contributed by atoms with Crippen molar-refractivity contribution in [3.63, 3.8) is 0 Å². The van der Waals surface area contributed by atoms with E-state index in [1.165, 1.54) is 6.21 Å². The molecule has 0 aliphatic heterocycles. The molecular formula is C29H23ClF3N3O4. The van der Waals surface area contributed by atoms with Crippen molar-refractivity contribution < 1.29 is 32.2 Å². The van der Waals surface area contributed by atoms with E-state index in [-0.39, 0.29) is 10.7 Å². The summed E-state index contributed by atoms with van der Waals surface area (Å²) in [5.74, 6) is -1.49. The van der Waals surface area contributed by atoms with E-state index in [0.29, 0.717) is 36.3 Å². The molecule has 4 aromatic rings. The first-order valence-electron chi connectivity index (χ1n) is 12.0. The lowest BCUT2D eigenvalue weighted by molar-refractivity contribution is -0.137. The summed E-state index contributed by atoms with van der Waals surface area (Å²) >= 11 is 5.85. The molecule has 0 spiro atoms. The molecule has 0 heterocycles. The van der Waals surface area contributed by atoms with Crippen LogP contribution in [0, 0.1) is 0 Å². The molecule has 0 unspecified atom stereocenters. The first kappa shape index (κ1) is 28.4. The summed E-state index contributed by atoms with van der Waals surface area (Å²) in [6.45, 7) is 2.51. The topological polar surface area (TPSA) is 89.0 Å². The molecule has 0 saturated carbocycles. The van der Waals surface area contributed by atoms with Crippen LogP contribution in [-0.2, 0) is 22.4 Å². The Bertz CT molecular complexity index is 1570. The molecule has 4 rings (SSSR count). The quantitative estimate of drug-likeness (QED) is 0.143. The molecule has 0 aliphatic carbocycles. The van der Waals surface area contributed by atoms with E-state index in [1.807, 2.05) is 60.1 Å². The zero-order valence-electron chi connectivity index (χ0n) is 21.1. The van der Waals surface area contributed by atoms with Crippen molar-refractivity contribution in [3.8, 4) is 11.5 Å². The average molecular weight is 570 g/mol. The molecular weight excluding hydrogens is 547 g/mol. The number of rotatable bonds is 8. The fourth-order valence-electron chi connectivity index (χ4n) is 3.76. The lowest BCUT2D eigenvalue weighted by atomic mass is 10.1. The summed E-state index contributed by atoms with van der Waals surface area (Å²) in [4.78, 5) is 24.3. The third kappa shape index (κ3) is 7.09. The summed E-state index contributed by atoms with van der Waals surface area (Å²) in [5, 5.41) is 7.82. The molecule has 0 aliphatic rings. The summed E-state index contributed by atoms with van der Waals surface area (Å²) in [6, 6.07) is 21.4. The second-order valence-corrected chi connectivity index (χ2v) is 8.82. The molecule has 2 amide bonds. The third-order valence-corrected chi connectivity index (χ3v) is 5.99. The standard InChI is InChI=1S/C29H23ClF3N3O4/c1-2-39-26-14-18(10-13-25(26)40-17-20-8-5-7-19-6-3-4-9-22(19)20)16-34-36-28(38)27(37)35-24-15-21(29(31,32)33)11-12-23(24)30/h3-16H,2,17H2,1H3,(H,35,37)(H,36,38)/b34-16+. The van der Waals surface area contributed by atoms with Crippen LogP contribution < -0.4 is 20.2 Å². The lowest BCUT2D eigenvalue weighted by Crippen LogP contribution is -2.32. The van der Waals surface area contributed by atoms with Crippen LogP contribution in [-0.4, -0.2) is 24.6 Å². The fourth-order valence-corrected chi connectivity index (χ4v) is 3.92. The highest BCUT2D eigenvalue weighted by Crippen LogP contribution is 2.34. The van der Waals surface area contributed by atoms with Gasteiger partial charge in [-0.2, -0.15) is 18.3 Å². The van der Waals surface area contributed by atoms with Gasteiger partial charge in [-0.25, -0.2) is 5.43 Å². The predicted octanol–water partition coefficient (Wildman–Crippen LogP) is 6.58. The van der Waals surface area contributed by atoms with Crippen molar-refractivity contribution in [2.24, 2.45) is 5.10 Å². The van der Waals surface area contributed by atoms with Gasteiger partial charge in [0.15, 0.2) is 11.5 Å². The predicted molar refractivity (Wildman–Crippen MR) is 147 cm³/mol. The second-order valence-electron chi connectivity index (χ2n) is 8.41. The van der Waals surface area contributed by atoms with E-state index >= 15 is 0 Å². The zero-order valence-corrected chi connectivity index (χ0v) is 21.8. The molecule has 4 aromatic carbocycles. The smallest absolute Gasteiger partial charge is 0.416 e. The van der Waals surface area contributed by atoms with E-state index in [2.05, 4.69) is 5.10 Å². The molecule has 0 aromatic heterocycles. The fraction of sp³-hybridized carbons (Fsp3) is 0.138. The van der Waals surface area contributed by atoms with Gasteiger partial charge in [0, 0.05) is 0 Å². The molecule has 7 nitrogen and oxygen atoms in total. The van der Waals surface area contributed by atoms with E-state index in [0.717, 1.165) is 28.5 Å². The van der Waals surface area contributed by atoms with Gasteiger partial charge in [-0.3, -0.25) is 9.59 Å². The number of hydrogen-bond donors (Lipinski definition) is 2. The number of hydrogen-bond acceptors (Lipinski definition) is 5. The van der Waals surface area contributed by atoms with Crippen LogP contribution >= 0.6 is 11.6 Å². The second kappa shape index (κ2) is 12.5. The van der Waals surface area contributed by atoms with E-state index in [1.54, 1.807) is 18.2 Å². The van der Waals surface area contributed by atoms with Gasteiger partial charge in [-0.1, -0.05) is 54.1 Å². The highest BCUT2D eigenvalue weighted by molar-refractivity contribution is 6.41. The first-order chi connectivity index (χ1) is 19.2. The van der Waals surface area contributed by atoms with Crippen molar-refractivity contribution in [2.75, 3.05) is 11.9 Å². The minimum Gasteiger partial charge on any atom is -0.490 e.